The molecule has 1 fully saturated rings. The summed E-state index contributed by atoms with van der Waals surface area (Å²) >= 11 is 1.45. The molecule has 2 amide bonds. The van der Waals surface area contributed by atoms with E-state index < -0.39 is 0 Å². The van der Waals surface area contributed by atoms with Crippen LogP contribution in [0.3, 0.4) is 0 Å². The lowest BCUT2D eigenvalue weighted by molar-refractivity contribution is 0.0851. The number of aromatic nitrogens is 2. The number of hydrogen-bond acceptors (Lipinski definition) is 6. The summed E-state index contributed by atoms with van der Waals surface area (Å²) in [5, 5.41) is 18.8. The topological polar surface area (TPSA) is 88.2 Å². The van der Waals surface area contributed by atoms with Crippen LogP contribution in [0.4, 0.5) is 9.93 Å². The molecule has 1 saturated heterocycles. The Balaban J connectivity index is 1.29. The van der Waals surface area contributed by atoms with Crippen LogP contribution < -0.4 is 16.0 Å². The average molecular weight is 359 g/mol. The third-order valence-corrected chi connectivity index (χ3v) is 5.59. The van der Waals surface area contributed by atoms with Gasteiger partial charge in [-0.2, -0.15) is 0 Å². The van der Waals surface area contributed by atoms with Gasteiger partial charge in [0, 0.05) is 38.8 Å². The van der Waals surface area contributed by atoms with Crippen molar-refractivity contribution in [3.63, 3.8) is 0 Å². The van der Waals surface area contributed by atoms with E-state index in [1.165, 1.54) is 22.5 Å². The van der Waals surface area contributed by atoms with E-state index in [9.17, 15) is 4.79 Å². The molecule has 2 aliphatic heterocycles. The standard InChI is InChI=1S/C17H21N5O2S/c23-16(19-8-11-1-2-13-9-18-10-14(13)7-11)20-17-22-21-15(25-17)12-3-5-24-6-4-12/h1-2,7,12,18H,3-6,8-10H2,(H2,19,20,22,23). The second kappa shape index (κ2) is 7.47. The third kappa shape index (κ3) is 3.97. The first-order valence-electron chi connectivity index (χ1n) is 8.55. The van der Waals surface area contributed by atoms with Crippen LogP contribution in [0.15, 0.2) is 18.2 Å². The number of hydrogen-bond donors (Lipinski definition) is 3. The summed E-state index contributed by atoms with van der Waals surface area (Å²) in [7, 11) is 0. The quantitative estimate of drug-likeness (QED) is 0.780. The van der Waals surface area contributed by atoms with Gasteiger partial charge in [0.15, 0.2) is 0 Å². The van der Waals surface area contributed by atoms with Gasteiger partial charge in [-0.25, -0.2) is 4.79 Å². The van der Waals surface area contributed by atoms with Crippen LogP contribution in [-0.4, -0.2) is 29.4 Å². The molecular formula is C17H21N5O2S. The fourth-order valence-corrected chi connectivity index (χ4v) is 4.08. The van der Waals surface area contributed by atoms with E-state index in [-0.39, 0.29) is 6.03 Å². The summed E-state index contributed by atoms with van der Waals surface area (Å²) in [6.07, 6.45) is 1.93. The van der Waals surface area contributed by atoms with E-state index in [0.717, 1.165) is 49.7 Å². The molecule has 1 aromatic heterocycles. The molecule has 2 aromatic rings. The van der Waals surface area contributed by atoms with Gasteiger partial charge < -0.3 is 15.4 Å². The summed E-state index contributed by atoms with van der Waals surface area (Å²) in [5.74, 6) is 0.393. The number of nitrogens with one attached hydrogen (secondary N) is 3. The van der Waals surface area contributed by atoms with E-state index in [2.05, 4.69) is 44.3 Å². The molecule has 2 aliphatic rings. The minimum absolute atomic E-state index is 0.256. The van der Waals surface area contributed by atoms with E-state index >= 15 is 0 Å². The Morgan fingerprint density at radius 1 is 1.24 bits per heavy atom. The zero-order valence-electron chi connectivity index (χ0n) is 13.9. The zero-order valence-corrected chi connectivity index (χ0v) is 14.7. The SMILES string of the molecule is O=C(NCc1ccc2c(c1)CNC2)Nc1nnc(C2CCOCC2)s1. The van der Waals surface area contributed by atoms with Crippen LogP contribution in [0, 0.1) is 0 Å². The van der Waals surface area contributed by atoms with E-state index in [0.29, 0.717) is 17.6 Å². The van der Waals surface area contributed by atoms with E-state index in [4.69, 9.17) is 4.74 Å². The predicted molar refractivity (Wildman–Crippen MR) is 95.5 cm³/mol. The number of fused-ring (bicyclic) bond motifs is 1. The third-order valence-electron chi connectivity index (χ3n) is 4.59. The van der Waals surface area contributed by atoms with Gasteiger partial charge in [0.25, 0.3) is 0 Å². The Bertz CT molecular complexity index is 757. The van der Waals surface area contributed by atoms with Gasteiger partial charge in [-0.1, -0.05) is 29.5 Å². The highest BCUT2D eigenvalue weighted by Crippen LogP contribution is 2.30. The van der Waals surface area contributed by atoms with Crippen LogP contribution in [-0.2, 0) is 24.4 Å². The molecule has 25 heavy (non-hydrogen) atoms. The number of anilines is 1. The molecular weight excluding hydrogens is 338 g/mol. The molecule has 3 N–H and O–H groups in total. The minimum atomic E-state index is -0.256. The summed E-state index contributed by atoms with van der Waals surface area (Å²) in [6.45, 7) is 3.85. The zero-order chi connectivity index (χ0) is 17.1. The van der Waals surface area contributed by atoms with Crippen molar-refractivity contribution in [1.82, 2.24) is 20.8 Å². The summed E-state index contributed by atoms with van der Waals surface area (Å²) < 4.78 is 5.37. The van der Waals surface area contributed by atoms with Crippen molar-refractivity contribution in [1.29, 1.82) is 0 Å². The van der Waals surface area contributed by atoms with Gasteiger partial charge in [-0.15, -0.1) is 10.2 Å². The van der Waals surface area contributed by atoms with Gasteiger partial charge >= 0.3 is 6.03 Å². The number of ether oxygens (including phenoxy) is 1. The first-order chi connectivity index (χ1) is 12.3. The molecule has 3 heterocycles. The molecule has 8 heteroatoms. The van der Waals surface area contributed by atoms with Crippen molar-refractivity contribution in [3.8, 4) is 0 Å². The Morgan fingerprint density at radius 2 is 2.08 bits per heavy atom. The number of nitrogens with zero attached hydrogens (tertiary/aromatic N) is 2. The van der Waals surface area contributed by atoms with Crippen LogP contribution in [0.5, 0.6) is 0 Å². The number of benzene rings is 1. The lowest BCUT2D eigenvalue weighted by Gasteiger charge is -2.18. The lowest BCUT2D eigenvalue weighted by Crippen LogP contribution is -2.28. The maximum Gasteiger partial charge on any atom is 0.321 e. The normalized spacial score (nSPS) is 17.3. The molecule has 7 nitrogen and oxygen atoms in total. The number of carbonyl (C=O) groups is 1. The van der Waals surface area contributed by atoms with Crippen molar-refractivity contribution in [2.45, 2.75) is 38.4 Å². The molecule has 0 saturated carbocycles. The second-order valence-corrected chi connectivity index (χ2v) is 7.36. The summed E-state index contributed by atoms with van der Waals surface area (Å²) in [5.41, 5.74) is 3.74. The Hall–Kier alpha value is -2.03. The smallest absolute Gasteiger partial charge is 0.321 e. The van der Waals surface area contributed by atoms with Gasteiger partial charge in [-0.3, -0.25) is 5.32 Å². The molecule has 0 atom stereocenters. The second-order valence-electron chi connectivity index (χ2n) is 6.35. The molecule has 4 rings (SSSR count). The monoisotopic (exact) mass is 359 g/mol. The Labute approximate surface area is 150 Å². The molecule has 0 aliphatic carbocycles. The number of amides is 2. The van der Waals surface area contributed by atoms with Crippen molar-refractivity contribution in [2.24, 2.45) is 0 Å². The predicted octanol–water partition coefficient (Wildman–Crippen LogP) is 2.36. The van der Waals surface area contributed by atoms with Gasteiger partial charge in [0.2, 0.25) is 5.13 Å². The molecule has 0 spiro atoms. The van der Waals surface area contributed by atoms with Crippen molar-refractivity contribution in [3.05, 3.63) is 39.9 Å². The first kappa shape index (κ1) is 16.4. The van der Waals surface area contributed by atoms with Crippen molar-refractivity contribution >= 4 is 22.5 Å². The number of carbonyl (C=O) groups excluding carboxylic acids is 1. The highest BCUT2D eigenvalue weighted by molar-refractivity contribution is 7.15. The lowest BCUT2D eigenvalue weighted by atomic mass is 10.0. The fourth-order valence-electron chi connectivity index (χ4n) is 3.18. The average Bonchev–Trinajstić information content (AvgIpc) is 3.29. The van der Waals surface area contributed by atoms with Crippen LogP contribution in [0.25, 0.3) is 0 Å². The maximum atomic E-state index is 12.1. The highest BCUT2D eigenvalue weighted by Gasteiger charge is 2.20. The van der Waals surface area contributed by atoms with Crippen LogP contribution in [0.2, 0.25) is 0 Å². The van der Waals surface area contributed by atoms with E-state index in [1.807, 2.05) is 0 Å². The van der Waals surface area contributed by atoms with Crippen molar-refractivity contribution in [2.75, 3.05) is 18.5 Å². The van der Waals surface area contributed by atoms with Crippen molar-refractivity contribution < 1.29 is 9.53 Å². The largest absolute Gasteiger partial charge is 0.381 e. The summed E-state index contributed by atoms with van der Waals surface area (Å²) in [4.78, 5) is 12.1. The Kier molecular flexibility index (Phi) is 4.91. The minimum Gasteiger partial charge on any atom is -0.381 e. The Morgan fingerprint density at radius 3 is 2.96 bits per heavy atom. The summed E-state index contributed by atoms with van der Waals surface area (Å²) in [6, 6.07) is 6.06. The number of rotatable bonds is 4. The van der Waals surface area contributed by atoms with Crippen LogP contribution in [0.1, 0.15) is 40.5 Å². The molecule has 1 aromatic carbocycles. The maximum absolute atomic E-state index is 12.1. The van der Waals surface area contributed by atoms with Gasteiger partial charge in [-0.05, 0) is 29.5 Å². The number of urea groups is 1. The highest BCUT2D eigenvalue weighted by atomic mass is 32.1. The van der Waals surface area contributed by atoms with Gasteiger partial charge in [0.1, 0.15) is 5.01 Å². The molecule has 132 valence electrons. The van der Waals surface area contributed by atoms with Crippen LogP contribution >= 0.6 is 11.3 Å². The first-order valence-corrected chi connectivity index (χ1v) is 9.37. The molecule has 0 bridgehead atoms. The molecule has 0 unspecified atom stereocenters. The molecule has 0 radical (unpaired) electrons. The fraction of sp³-hybridized carbons (Fsp3) is 0.471. The van der Waals surface area contributed by atoms with Gasteiger partial charge in [0.05, 0.1) is 0 Å². The van der Waals surface area contributed by atoms with E-state index in [1.54, 1.807) is 0 Å².